The van der Waals surface area contributed by atoms with Crippen LogP contribution in [0.1, 0.15) is 34.4 Å². The van der Waals surface area contributed by atoms with Crippen molar-refractivity contribution in [2.45, 2.75) is 19.8 Å². The van der Waals surface area contributed by atoms with Gasteiger partial charge in [-0.15, -0.1) is 36.2 Å². The van der Waals surface area contributed by atoms with Crippen LogP contribution in [0.3, 0.4) is 0 Å². The second-order valence-corrected chi connectivity index (χ2v) is 5.74. The van der Waals surface area contributed by atoms with Gasteiger partial charge in [-0.3, -0.25) is 4.79 Å². The van der Waals surface area contributed by atoms with Crippen LogP contribution in [0.2, 0.25) is 0 Å². The molecule has 0 spiro atoms. The number of thiazole rings is 1. The van der Waals surface area contributed by atoms with Crippen LogP contribution in [-0.4, -0.2) is 30.5 Å². The normalized spacial score (nSPS) is 9.61. The highest BCUT2D eigenvalue weighted by atomic mass is 35.5. The smallest absolute Gasteiger partial charge is 0.270 e. The third kappa shape index (κ3) is 7.79. The summed E-state index contributed by atoms with van der Waals surface area (Å²) in [5, 5.41) is 8.92. The van der Waals surface area contributed by atoms with Crippen LogP contribution in [0.4, 0.5) is 0 Å². The molecular formula is C16H23Cl2N3OS. The summed E-state index contributed by atoms with van der Waals surface area (Å²) in [4.78, 5) is 16.4. The molecule has 0 aliphatic rings. The largest absolute Gasteiger partial charge is 0.349 e. The molecule has 7 heteroatoms. The van der Waals surface area contributed by atoms with Crippen molar-refractivity contribution in [2.75, 3.05) is 19.6 Å². The van der Waals surface area contributed by atoms with Gasteiger partial charge in [0.1, 0.15) is 5.69 Å². The van der Waals surface area contributed by atoms with Crippen LogP contribution in [0.5, 0.6) is 0 Å². The van der Waals surface area contributed by atoms with Gasteiger partial charge in [0.25, 0.3) is 5.91 Å². The molecule has 1 aromatic heterocycles. The lowest BCUT2D eigenvalue weighted by molar-refractivity contribution is 0.0949. The molecule has 2 rings (SSSR count). The van der Waals surface area contributed by atoms with Crippen LogP contribution in [0.15, 0.2) is 35.7 Å². The third-order valence-corrected chi connectivity index (χ3v) is 3.85. The number of halogens is 2. The molecule has 128 valence electrons. The lowest BCUT2D eigenvalue weighted by Gasteiger charge is -2.04. The molecule has 2 aromatic rings. The Kier molecular flexibility index (Phi) is 11.7. The summed E-state index contributed by atoms with van der Waals surface area (Å²) >= 11 is 1.53. The fourth-order valence-electron chi connectivity index (χ4n) is 1.92. The van der Waals surface area contributed by atoms with Gasteiger partial charge in [-0.25, -0.2) is 4.98 Å². The first-order chi connectivity index (χ1) is 10.3. The van der Waals surface area contributed by atoms with E-state index in [0.717, 1.165) is 30.9 Å². The fourth-order valence-corrected chi connectivity index (χ4v) is 2.73. The predicted molar refractivity (Wildman–Crippen MR) is 101 cm³/mol. The summed E-state index contributed by atoms with van der Waals surface area (Å²) < 4.78 is 0. The molecule has 4 nitrogen and oxygen atoms in total. The summed E-state index contributed by atoms with van der Waals surface area (Å²) in [6.45, 7) is 4.52. The van der Waals surface area contributed by atoms with Crippen LogP contribution in [0, 0.1) is 0 Å². The SMILES string of the molecule is CCCNCCNC(=O)c1csc(Cc2ccccc2)n1.Cl.Cl. The van der Waals surface area contributed by atoms with Crippen LogP contribution in [0.25, 0.3) is 0 Å². The molecule has 0 radical (unpaired) electrons. The molecule has 0 fully saturated rings. The van der Waals surface area contributed by atoms with Crippen molar-refractivity contribution in [2.24, 2.45) is 0 Å². The average molecular weight is 376 g/mol. The molecule has 0 bridgehead atoms. The monoisotopic (exact) mass is 375 g/mol. The van der Waals surface area contributed by atoms with Crippen molar-refractivity contribution < 1.29 is 4.79 Å². The molecule has 1 heterocycles. The first kappa shape index (κ1) is 21.9. The van der Waals surface area contributed by atoms with E-state index in [1.165, 1.54) is 16.9 Å². The summed E-state index contributed by atoms with van der Waals surface area (Å²) in [5.74, 6) is -0.0936. The van der Waals surface area contributed by atoms with Crippen LogP contribution < -0.4 is 10.6 Å². The van der Waals surface area contributed by atoms with E-state index in [4.69, 9.17) is 0 Å². The molecule has 0 atom stereocenters. The number of carbonyl (C=O) groups excluding carboxylic acids is 1. The molecule has 1 amide bonds. The highest BCUT2D eigenvalue weighted by molar-refractivity contribution is 7.09. The molecule has 1 aromatic carbocycles. The second kappa shape index (κ2) is 12.3. The van der Waals surface area contributed by atoms with Gasteiger partial charge in [-0.2, -0.15) is 0 Å². The molecule has 0 saturated heterocycles. The van der Waals surface area contributed by atoms with Crippen molar-refractivity contribution in [1.29, 1.82) is 0 Å². The number of nitrogens with zero attached hydrogens (tertiary/aromatic N) is 1. The van der Waals surface area contributed by atoms with E-state index in [1.807, 2.05) is 23.6 Å². The molecule has 0 unspecified atom stereocenters. The first-order valence-electron chi connectivity index (χ1n) is 7.27. The number of carbonyl (C=O) groups is 1. The second-order valence-electron chi connectivity index (χ2n) is 4.79. The lowest BCUT2D eigenvalue weighted by Crippen LogP contribution is -2.32. The highest BCUT2D eigenvalue weighted by Crippen LogP contribution is 2.14. The van der Waals surface area contributed by atoms with E-state index >= 15 is 0 Å². The molecule has 2 N–H and O–H groups in total. The average Bonchev–Trinajstić information content (AvgIpc) is 2.96. The summed E-state index contributed by atoms with van der Waals surface area (Å²) in [5.41, 5.74) is 1.73. The minimum Gasteiger partial charge on any atom is -0.349 e. The van der Waals surface area contributed by atoms with E-state index in [-0.39, 0.29) is 30.7 Å². The number of nitrogens with one attached hydrogen (secondary N) is 2. The van der Waals surface area contributed by atoms with Gasteiger partial charge >= 0.3 is 0 Å². The van der Waals surface area contributed by atoms with Crippen molar-refractivity contribution in [3.8, 4) is 0 Å². The number of rotatable bonds is 8. The van der Waals surface area contributed by atoms with Crippen molar-refractivity contribution in [1.82, 2.24) is 15.6 Å². The Balaban J connectivity index is 0.00000242. The number of benzene rings is 1. The maximum Gasteiger partial charge on any atom is 0.270 e. The van der Waals surface area contributed by atoms with Gasteiger partial charge < -0.3 is 10.6 Å². The van der Waals surface area contributed by atoms with Gasteiger partial charge in [0.15, 0.2) is 0 Å². The van der Waals surface area contributed by atoms with Gasteiger partial charge in [0.2, 0.25) is 0 Å². The number of hydrogen-bond donors (Lipinski definition) is 2. The van der Waals surface area contributed by atoms with Gasteiger partial charge in [0.05, 0.1) is 5.01 Å². The Labute approximate surface area is 153 Å². The van der Waals surface area contributed by atoms with Crippen LogP contribution >= 0.6 is 36.2 Å². The van der Waals surface area contributed by atoms with Crippen molar-refractivity contribution in [3.05, 3.63) is 52.0 Å². The summed E-state index contributed by atoms with van der Waals surface area (Å²) in [6, 6.07) is 10.2. The number of hydrogen-bond acceptors (Lipinski definition) is 4. The van der Waals surface area contributed by atoms with Gasteiger partial charge in [-0.1, -0.05) is 37.3 Å². The van der Waals surface area contributed by atoms with E-state index < -0.39 is 0 Å². The van der Waals surface area contributed by atoms with Crippen molar-refractivity contribution in [3.63, 3.8) is 0 Å². The molecular weight excluding hydrogens is 353 g/mol. The zero-order chi connectivity index (χ0) is 14.9. The number of aromatic nitrogens is 1. The lowest BCUT2D eigenvalue weighted by atomic mass is 10.2. The Morgan fingerprint density at radius 2 is 1.87 bits per heavy atom. The van der Waals surface area contributed by atoms with Crippen molar-refractivity contribution >= 4 is 42.1 Å². The standard InChI is InChI=1S/C16H21N3OS.2ClH/c1-2-8-17-9-10-18-16(20)14-12-21-15(19-14)11-13-6-4-3-5-7-13;;/h3-7,12,17H,2,8-11H2,1H3,(H,18,20);2*1H. The molecule has 23 heavy (non-hydrogen) atoms. The maximum atomic E-state index is 11.9. The minimum absolute atomic E-state index is 0. The topological polar surface area (TPSA) is 54.0 Å². The summed E-state index contributed by atoms with van der Waals surface area (Å²) in [6.07, 6.45) is 1.87. The minimum atomic E-state index is -0.0936. The fraction of sp³-hybridized carbons (Fsp3) is 0.375. The number of amides is 1. The molecule has 0 saturated carbocycles. The van der Waals surface area contributed by atoms with Crippen LogP contribution in [-0.2, 0) is 6.42 Å². The zero-order valence-electron chi connectivity index (χ0n) is 13.1. The molecule has 0 aliphatic carbocycles. The Bertz CT molecular complexity index is 563. The predicted octanol–water partition coefficient (Wildman–Crippen LogP) is 3.31. The quantitative estimate of drug-likeness (QED) is 0.695. The van der Waals surface area contributed by atoms with Gasteiger partial charge in [-0.05, 0) is 18.5 Å². The summed E-state index contributed by atoms with van der Waals surface area (Å²) in [7, 11) is 0. The zero-order valence-corrected chi connectivity index (χ0v) is 15.5. The van der Waals surface area contributed by atoms with Gasteiger partial charge in [0, 0.05) is 24.9 Å². The third-order valence-electron chi connectivity index (χ3n) is 3.00. The van der Waals surface area contributed by atoms with E-state index in [9.17, 15) is 4.79 Å². The Hall–Kier alpha value is -1.14. The van der Waals surface area contributed by atoms with E-state index in [0.29, 0.717) is 12.2 Å². The first-order valence-corrected chi connectivity index (χ1v) is 8.15. The maximum absolute atomic E-state index is 11.9. The Morgan fingerprint density at radius 3 is 2.57 bits per heavy atom. The van der Waals surface area contributed by atoms with E-state index in [1.54, 1.807) is 0 Å². The Morgan fingerprint density at radius 1 is 1.13 bits per heavy atom. The highest BCUT2D eigenvalue weighted by Gasteiger charge is 2.10. The van der Waals surface area contributed by atoms with E-state index in [2.05, 4.69) is 34.7 Å². The molecule has 0 aliphatic heterocycles.